The Labute approximate surface area is 196 Å². The van der Waals surface area contributed by atoms with Crippen LogP contribution in [0.3, 0.4) is 0 Å². The Morgan fingerprint density at radius 3 is 1.85 bits per heavy atom. The molecule has 11 heteroatoms. The van der Waals surface area contributed by atoms with Crippen LogP contribution in [-0.2, 0) is 24.8 Å². The number of hydrogen-bond donors (Lipinski definition) is 1. The number of anilines is 1. The van der Waals surface area contributed by atoms with E-state index >= 15 is 0 Å². The Balaban J connectivity index is 2.26. The first-order valence-electron chi connectivity index (χ1n) is 10.6. The topological polar surface area (TPSA) is 113 Å². The van der Waals surface area contributed by atoms with Gasteiger partial charge in [-0.2, -0.15) is 8.61 Å². The molecule has 0 atom stereocenters. The number of hydrogen-bond acceptors (Lipinski definition) is 6. The van der Waals surface area contributed by atoms with E-state index in [4.69, 9.17) is 4.74 Å². The maximum Gasteiger partial charge on any atom is 0.243 e. The average Bonchev–Trinajstić information content (AvgIpc) is 2.79. The predicted molar refractivity (Wildman–Crippen MR) is 127 cm³/mol. The van der Waals surface area contributed by atoms with Gasteiger partial charge in [-0.3, -0.25) is 4.79 Å². The summed E-state index contributed by atoms with van der Waals surface area (Å²) >= 11 is 0. The molecule has 182 valence electrons. The summed E-state index contributed by atoms with van der Waals surface area (Å²) in [6.07, 6.45) is 0.496. The standard InChI is InChI=1S/C22H31N3O6S2/c1-5-16-25(17-22(26)23-20-10-8-9-11-21(20)31-4)33(29,30)19-14-12-18(13-15-19)32(27,28)24(6-2)7-3/h8-15H,5-7,16-17H2,1-4H3,(H,23,26). The quantitative estimate of drug-likeness (QED) is 0.482. The van der Waals surface area contributed by atoms with Crippen LogP contribution in [0.5, 0.6) is 5.75 Å². The Kier molecular flexibility index (Phi) is 9.41. The maximum absolute atomic E-state index is 13.2. The third-order valence-corrected chi connectivity index (χ3v) is 8.90. The summed E-state index contributed by atoms with van der Waals surface area (Å²) in [5, 5.41) is 2.67. The first kappa shape index (κ1) is 26.8. The van der Waals surface area contributed by atoms with Crippen molar-refractivity contribution < 1.29 is 26.4 Å². The van der Waals surface area contributed by atoms with Crippen LogP contribution in [0.2, 0.25) is 0 Å². The van der Waals surface area contributed by atoms with Gasteiger partial charge in [-0.25, -0.2) is 16.8 Å². The highest BCUT2D eigenvalue weighted by Crippen LogP contribution is 2.24. The van der Waals surface area contributed by atoms with Gasteiger partial charge in [0, 0.05) is 19.6 Å². The molecule has 9 nitrogen and oxygen atoms in total. The van der Waals surface area contributed by atoms with Crippen LogP contribution < -0.4 is 10.1 Å². The largest absolute Gasteiger partial charge is 0.495 e. The first-order valence-corrected chi connectivity index (χ1v) is 13.5. The maximum atomic E-state index is 13.2. The molecule has 0 aliphatic heterocycles. The molecule has 2 aromatic carbocycles. The lowest BCUT2D eigenvalue weighted by Gasteiger charge is -2.22. The summed E-state index contributed by atoms with van der Waals surface area (Å²) < 4.78 is 59.3. The molecule has 0 spiro atoms. The van der Waals surface area contributed by atoms with Crippen molar-refractivity contribution in [2.24, 2.45) is 0 Å². The van der Waals surface area contributed by atoms with Gasteiger partial charge in [0.25, 0.3) is 0 Å². The molecule has 2 rings (SSSR count). The smallest absolute Gasteiger partial charge is 0.243 e. The van der Waals surface area contributed by atoms with Gasteiger partial charge in [-0.1, -0.05) is 32.9 Å². The molecule has 1 amide bonds. The summed E-state index contributed by atoms with van der Waals surface area (Å²) in [5.74, 6) is -0.0574. The molecule has 1 N–H and O–H groups in total. The molecule has 0 unspecified atom stereocenters. The molecular formula is C22H31N3O6S2. The van der Waals surface area contributed by atoms with Crippen molar-refractivity contribution in [1.29, 1.82) is 0 Å². The third-order valence-electron chi connectivity index (χ3n) is 4.98. The number of sulfonamides is 2. The van der Waals surface area contributed by atoms with Gasteiger partial charge in [-0.05, 0) is 42.8 Å². The van der Waals surface area contributed by atoms with Crippen molar-refractivity contribution in [1.82, 2.24) is 8.61 Å². The van der Waals surface area contributed by atoms with E-state index in [1.165, 1.54) is 35.7 Å². The minimum atomic E-state index is -4.03. The summed E-state index contributed by atoms with van der Waals surface area (Å²) in [4.78, 5) is 12.5. The van der Waals surface area contributed by atoms with Gasteiger partial charge in [0.05, 0.1) is 29.1 Å². The molecule has 0 aromatic heterocycles. The molecule has 33 heavy (non-hydrogen) atoms. The van der Waals surface area contributed by atoms with E-state index in [0.29, 0.717) is 30.9 Å². The minimum Gasteiger partial charge on any atom is -0.495 e. The van der Waals surface area contributed by atoms with Gasteiger partial charge in [0.15, 0.2) is 0 Å². The van der Waals surface area contributed by atoms with E-state index in [2.05, 4.69) is 5.32 Å². The van der Waals surface area contributed by atoms with Crippen LogP contribution >= 0.6 is 0 Å². The highest BCUT2D eigenvalue weighted by Gasteiger charge is 2.28. The minimum absolute atomic E-state index is 0.0149. The van der Waals surface area contributed by atoms with E-state index in [0.717, 1.165) is 4.31 Å². The van der Waals surface area contributed by atoms with Crippen molar-refractivity contribution in [3.63, 3.8) is 0 Å². The number of para-hydroxylation sites is 2. The van der Waals surface area contributed by atoms with Gasteiger partial charge in [-0.15, -0.1) is 0 Å². The van der Waals surface area contributed by atoms with Gasteiger partial charge >= 0.3 is 0 Å². The Morgan fingerprint density at radius 1 is 0.848 bits per heavy atom. The zero-order chi connectivity index (χ0) is 24.6. The van der Waals surface area contributed by atoms with E-state index in [9.17, 15) is 21.6 Å². The van der Waals surface area contributed by atoms with E-state index in [1.54, 1.807) is 45.0 Å². The van der Waals surface area contributed by atoms with Gasteiger partial charge < -0.3 is 10.1 Å². The van der Waals surface area contributed by atoms with Gasteiger partial charge in [0.1, 0.15) is 5.75 Å². The van der Waals surface area contributed by atoms with Crippen LogP contribution in [0.4, 0.5) is 5.69 Å². The number of rotatable bonds is 12. The Hall–Kier alpha value is -2.47. The molecule has 0 saturated heterocycles. The molecule has 0 aliphatic carbocycles. The molecule has 0 heterocycles. The fourth-order valence-electron chi connectivity index (χ4n) is 3.28. The molecule has 0 bridgehead atoms. The van der Waals surface area contributed by atoms with Crippen LogP contribution in [0.15, 0.2) is 58.3 Å². The Bertz CT molecular complexity index is 1140. The van der Waals surface area contributed by atoms with E-state index < -0.39 is 32.5 Å². The number of carbonyl (C=O) groups is 1. The SMILES string of the molecule is CCCN(CC(=O)Nc1ccccc1OC)S(=O)(=O)c1ccc(S(=O)(=O)N(CC)CC)cc1. The number of carbonyl (C=O) groups excluding carboxylic acids is 1. The van der Waals surface area contributed by atoms with Crippen molar-refractivity contribution in [3.8, 4) is 5.75 Å². The fraction of sp³-hybridized carbons (Fsp3) is 0.409. The first-order chi connectivity index (χ1) is 15.6. The molecule has 2 aromatic rings. The molecule has 0 fully saturated rings. The molecule has 0 aliphatic rings. The van der Waals surface area contributed by atoms with Crippen LogP contribution in [0.1, 0.15) is 27.2 Å². The van der Waals surface area contributed by atoms with Crippen LogP contribution in [0, 0.1) is 0 Å². The molecular weight excluding hydrogens is 466 g/mol. The van der Waals surface area contributed by atoms with Crippen molar-refractivity contribution >= 4 is 31.6 Å². The normalized spacial score (nSPS) is 12.2. The number of nitrogens with one attached hydrogen (secondary N) is 1. The lowest BCUT2D eigenvalue weighted by atomic mass is 10.3. The summed E-state index contributed by atoms with van der Waals surface area (Å²) in [6.45, 7) is 5.63. The lowest BCUT2D eigenvalue weighted by molar-refractivity contribution is -0.116. The number of benzene rings is 2. The number of methoxy groups -OCH3 is 1. The zero-order valence-corrected chi connectivity index (χ0v) is 20.9. The van der Waals surface area contributed by atoms with Crippen LogP contribution in [-0.4, -0.2) is 64.6 Å². The second kappa shape index (κ2) is 11.6. The number of ether oxygens (including phenoxy) is 1. The van der Waals surface area contributed by atoms with E-state index in [-0.39, 0.29) is 16.3 Å². The zero-order valence-electron chi connectivity index (χ0n) is 19.3. The summed E-state index contributed by atoms with van der Waals surface area (Å²) in [7, 11) is -6.26. The highest BCUT2D eigenvalue weighted by molar-refractivity contribution is 7.89. The fourth-order valence-corrected chi connectivity index (χ4v) is 6.22. The highest BCUT2D eigenvalue weighted by atomic mass is 32.2. The second-order valence-corrected chi connectivity index (χ2v) is 11.0. The predicted octanol–water partition coefficient (Wildman–Crippen LogP) is 2.77. The average molecular weight is 498 g/mol. The number of amides is 1. The monoisotopic (exact) mass is 497 g/mol. The van der Waals surface area contributed by atoms with Crippen molar-refractivity contribution in [2.45, 2.75) is 37.0 Å². The summed E-state index contributed by atoms with van der Waals surface area (Å²) in [6, 6.07) is 11.9. The van der Waals surface area contributed by atoms with Crippen molar-refractivity contribution in [3.05, 3.63) is 48.5 Å². The van der Waals surface area contributed by atoms with Crippen molar-refractivity contribution in [2.75, 3.05) is 38.6 Å². The van der Waals surface area contributed by atoms with Gasteiger partial charge in [0.2, 0.25) is 26.0 Å². The Morgan fingerprint density at radius 2 is 1.36 bits per heavy atom. The molecule has 0 radical (unpaired) electrons. The third kappa shape index (κ3) is 6.32. The summed E-state index contributed by atoms with van der Waals surface area (Å²) in [5.41, 5.74) is 0.435. The molecule has 0 saturated carbocycles. The van der Waals surface area contributed by atoms with Crippen LogP contribution in [0.25, 0.3) is 0 Å². The second-order valence-electron chi connectivity index (χ2n) is 7.15. The lowest BCUT2D eigenvalue weighted by Crippen LogP contribution is -2.38. The number of nitrogens with zero attached hydrogens (tertiary/aromatic N) is 2. The van der Waals surface area contributed by atoms with E-state index in [1.807, 2.05) is 0 Å².